The van der Waals surface area contributed by atoms with Gasteiger partial charge < -0.3 is 0 Å². The van der Waals surface area contributed by atoms with Crippen LogP contribution in [0.4, 0.5) is 0 Å². The second-order valence-corrected chi connectivity index (χ2v) is 44.6. The molecule has 20 heteroatoms. The van der Waals surface area contributed by atoms with E-state index in [1.807, 2.05) is 261 Å². The summed E-state index contributed by atoms with van der Waals surface area (Å²) in [7, 11) is 0. The molecule has 1 saturated carbocycles. The lowest BCUT2D eigenvalue weighted by Crippen LogP contribution is -2.20. The molecule has 0 aliphatic heterocycles. The molecular formula is C114H186O20. The van der Waals surface area contributed by atoms with Crippen LogP contribution in [0.3, 0.4) is 0 Å². The highest BCUT2D eigenvalue weighted by Crippen LogP contribution is 2.31. The Bertz CT molecular complexity index is 4060. The van der Waals surface area contributed by atoms with Crippen molar-refractivity contribution in [1.82, 2.24) is 0 Å². The first kappa shape index (κ1) is 143. The third-order valence-electron chi connectivity index (χ3n) is 19.1. The van der Waals surface area contributed by atoms with Gasteiger partial charge in [-0.05, 0) is 147 Å². The van der Waals surface area contributed by atoms with E-state index in [1.54, 1.807) is 76.3 Å². The first-order chi connectivity index (χ1) is 60.2. The van der Waals surface area contributed by atoms with Gasteiger partial charge in [0, 0.05) is 183 Å². The summed E-state index contributed by atoms with van der Waals surface area (Å²) in [5.74, 6) is 2.00. The molecule has 20 nitrogen and oxygen atoms in total. The van der Waals surface area contributed by atoms with Gasteiger partial charge in [-0.25, -0.2) is 0 Å². The first-order valence-corrected chi connectivity index (χ1v) is 47.3. The molecule has 1 rings (SSSR count). The van der Waals surface area contributed by atoms with E-state index in [-0.39, 0.29) is 216 Å². The smallest absolute Gasteiger partial charge is 0.160 e. The maximum Gasteiger partial charge on any atom is 0.160 e. The largest absolute Gasteiger partial charge is 0.300 e. The lowest BCUT2D eigenvalue weighted by Gasteiger charge is -2.15. The Labute approximate surface area is 812 Å². The quantitative estimate of drug-likeness (QED) is 0.0512. The molecule has 0 aromatic heterocycles. The molecule has 0 unspecified atom stereocenters. The monoisotopic (exact) mass is 1880 g/mol. The molecule has 0 saturated heterocycles. The molecule has 1 aliphatic rings. The average molecular weight is 1880 g/mol. The fourth-order valence-corrected chi connectivity index (χ4v) is 8.97. The maximum absolute atomic E-state index is 11.6. The fourth-order valence-electron chi connectivity index (χ4n) is 8.97. The lowest BCUT2D eigenvalue weighted by atomic mass is 9.87. The maximum atomic E-state index is 11.6. The number of hydrogen-bond acceptors (Lipinski definition) is 20. The van der Waals surface area contributed by atoms with Crippen LogP contribution < -0.4 is 0 Å². The van der Waals surface area contributed by atoms with E-state index in [4.69, 9.17) is 0 Å². The molecular weight excluding hydrogens is 1690 g/mol. The highest BCUT2D eigenvalue weighted by Gasteiger charge is 2.29. The minimum Gasteiger partial charge on any atom is -0.300 e. The van der Waals surface area contributed by atoms with Gasteiger partial charge in [-0.2, -0.15) is 0 Å². The standard InChI is InChI=1S/2C14H22O3.C13H20O2.2C12H20O2.2C11H18O2.C10H16O2.C9H16O.C8H14O/c1-10(2)12(16)8-6-11(15)7-9-13(17)14(3,4)5;1-5-6-11(15)7-8-12(16)9-10-13(17)14(2,3)4;1-13(2,3)12(15)9-8-11(14)7-6-10-4-5-10;1-9(2)8-10(13)6-7-11(14)12(3,4)5;1-5-6-7-10(13)8-9-11(14)12(2,3)4;1-8(2)9(12)6-7-10(13)11(3,4)5;1-5-6-9(12)7-8-10(13)11(2,3)4;1-5-8(11)6-7-9(12)10(2,3)4;1-7(2)6-8(10)9(3,4)5;1-5-6-7(9)8(2,3)4/h1,6-9H2,2-5H3;5-6H,7-10H2,1-4H3;6-7,10H,4-5,8-9H2,1-3H3;8H,6-7H2,1-5H3;6-7H,5,8-9H2,1-4H3;1,6-7H2,2-5H3;5-6H,7-8H2,1-4H3;5H,1,6-7H2,2-4H3;6H,1-5H3;5-6H,1-4H3/b;6-5+;7-6+;;7-6+;;6-5+;;;6-5+. The minimum atomic E-state index is -0.395. The van der Waals surface area contributed by atoms with Crippen LogP contribution in [0.1, 0.15) is 425 Å². The van der Waals surface area contributed by atoms with Crippen LogP contribution in [-0.2, 0) is 95.9 Å². The topological polar surface area (TPSA) is 341 Å². The summed E-state index contributed by atoms with van der Waals surface area (Å²) in [4.78, 5) is 226. The normalized spacial score (nSPS) is 12.1. The van der Waals surface area contributed by atoms with Crippen molar-refractivity contribution in [3.8, 4) is 0 Å². The van der Waals surface area contributed by atoms with Crippen molar-refractivity contribution in [3.63, 3.8) is 0 Å². The second-order valence-electron chi connectivity index (χ2n) is 44.6. The van der Waals surface area contributed by atoms with E-state index < -0.39 is 5.41 Å². The molecule has 0 amide bonds. The minimum absolute atomic E-state index is 0.0135. The van der Waals surface area contributed by atoms with Gasteiger partial charge in [0.1, 0.15) is 57.8 Å². The van der Waals surface area contributed by atoms with Crippen molar-refractivity contribution in [1.29, 1.82) is 0 Å². The zero-order valence-electron chi connectivity index (χ0n) is 91.6. The van der Waals surface area contributed by atoms with Crippen molar-refractivity contribution in [3.05, 3.63) is 121 Å². The zero-order chi connectivity index (χ0) is 108. The number of carbonyl (C=O) groups is 20. The summed E-state index contributed by atoms with van der Waals surface area (Å²) >= 11 is 0. The van der Waals surface area contributed by atoms with Gasteiger partial charge >= 0.3 is 0 Å². The number of ketones is 20. The third-order valence-corrected chi connectivity index (χ3v) is 19.1. The van der Waals surface area contributed by atoms with Crippen LogP contribution in [0.2, 0.25) is 0 Å². The summed E-state index contributed by atoms with van der Waals surface area (Å²) in [5.41, 5.74) is -0.130. The predicted molar refractivity (Wildman–Crippen MR) is 551 cm³/mol. The second kappa shape index (κ2) is 71.3. The molecule has 134 heavy (non-hydrogen) atoms. The molecule has 762 valence electrons. The molecule has 0 bridgehead atoms. The Morgan fingerprint density at radius 3 is 0.687 bits per heavy atom. The van der Waals surface area contributed by atoms with Crippen LogP contribution in [0.5, 0.6) is 0 Å². The number of hydrogen-bond donors (Lipinski definition) is 0. The van der Waals surface area contributed by atoms with Gasteiger partial charge in [0.2, 0.25) is 0 Å². The molecule has 0 aromatic carbocycles. The number of allylic oxidation sites excluding steroid dienone is 17. The van der Waals surface area contributed by atoms with Gasteiger partial charge in [0.05, 0.1) is 0 Å². The molecule has 0 atom stereocenters. The van der Waals surface area contributed by atoms with E-state index in [0.29, 0.717) is 94.1 Å². The number of carbonyl (C=O) groups excluding carboxylic acids is 20. The van der Waals surface area contributed by atoms with E-state index in [9.17, 15) is 95.9 Å². The van der Waals surface area contributed by atoms with E-state index in [0.717, 1.165) is 17.6 Å². The van der Waals surface area contributed by atoms with Crippen molar-refractivity contribution in [2.24, 2.45) is 60.1 Å². The van der Waals surface area contributed by atoms with Crippen LogP contribution in [0, 0.1) is 60.1 Å². The predicted octanol–water partition coefficient (Wildman–Crippen LogP) is 26.4. The first-order valence-electron chi connectivity index (χ1n) is 47.3. The summed E-state index contributed by atoms with van der Waals surface area (Å²) in [6.45, 7) is 85.0. The third kappa shape index (κ3) is 93.2. The Morgan fingerprint density at radius 2 is 0.470 bits per heavy atom. The fraction of sp³-hybridized carbons (Fsp3) is 0.649. The van der Waals surface area contributed by atoms with Crippen molar-refractivity contribution >= 4 is 116 Å². The van der Waals surface area contributed by atoms with E-state index in [2.05, 4.69) is 19.7 Å². The molecule has 0 spiro atoms. The van der Waals surface area contributed by atoms with Crippen LogP contribution in [-0.4, -0.2) is 116 Å². The SMILES string of the molecule is C/C=C/C(=O)C(C)(C)C.C/C=C/C(=O)CCC(=O)C(C)(C)C.C/C=C/C(=O)CCC(=O)CCC(=O)C(C)(C)C.C=C(C)C(=O)CCC(=O)C(C)(C)C.C=C(C)C(=O)CCC(=O)CCC(=O)C(C)(C)C.C=CC(=O)CCC(=O)C(C)(C)C.CC(C)(C)C(=O)CCC(=O)/C=C/C1CC1.CC(C)=CC(=O)C(C)(C)C.CC(C)=CC(=O)CCC(=O)C(C)(C)C.CC/C=C/C(=O)CCC(=O)C(C)(C)C. The molecule has 0 aromatic rings. The Kier molecular flexibility index (Phi) is 75.9. The molecule has 1 fully saturated rings. The Hall–Kier alpha value is -9.20. The van der Waals surface area contributed by atoms with E-state index >= 15 is 0 Å². The Morgan fingerprint density at radius 1 is 0.254 bits per heavy atom. The molecule has 0 heterocycles. The molecule has 1 aliphatic carbocycles. The lowest BCUT2D eigenvalue weighted by molar-refractivity contribution is -0.129. The van der Waals surface area contributed by atoms with Crippen LogP contribution in [0.25, 0.3) is 0 Å². The van der Waals surface area contributed by atoms with Gasteiger partial charge in [-0.3, -0.25) is 95.9 Å². The number of Topliss-reactive ketones (excluding diaryl/α,β-unsaturated/α-hetero) is 12. The van der Waals surface area contributed by atoms with Crippen molar-refractivity contribution in [2.75, 3.05) is 0 Å². The average Bonchev–Trinajstić information content (AvgIpc) is 1.81. The zero-order valence-corrected chi connectivity index (χ0v) is 91.6. The highest BCUT2D eigenvalue weighted by atomic mass is 16.2. The highest BCUT2D eigenvalue weighted by molar-refractivity contribution is 6.01. The molecule has 0 N–H and O–H groups in total. The van der Waals surface area contributed by atoms with Gasteiger partial charge in [-0.1, -0.05) is 276 Å². The summed E-state index contributed by atoms with van der Waals surface area (Å²) in [6, 6.07) is 0. The Balaban J connectivity index is -0.000000186. The van der Waals surface area contributed by atoms with Gasteiger partial charge in [-0.15, -0.1) is 0 Å². The summed E-state index contributed by atoms with van der Waals surface area (Å²) in [6.07, 6.45) is 30.5. The van der Waals surface area contributed by atoms with E-state index in [1.165, 1.54) is 31.1 Å². The van der Waals surface area contributed by atoms with Crippen molar-refractivity contribution in [2.45, 2.75) is 425 Å². The van der Waals surface area contributed by atoms with Crippen LogP contribution in [0.15, 0.2) is 121 Å². The summed E-state index contributed by atoms with van der Waals surface area (Å²) in [5, 5.41) is 0. The van der Waals surface area contributed by atoms with Gasteiger partial charge in [0.25, 0.3) is 0 Å². The van der Waals surface area contributed by atoms with Gasteiger partial charge in [0.15, 0.2) is 57.8 Å². The summed E-state index contributed by atoms with van der Waals surface area (Å²) < 4.78 is 0. The number of rotatable bonds is 42. The van der Waals surface area contributed by atoms with Crippen molar-refractivity contribution < 1.29 is 95.9 Å². The van der Waals surface area contributed by atoms with Crippen LogP contribution >= 0.6 is 0 Å². The molecule has 0 radical (unpaired) electrons.